The predicted octanol–water partition coefficient (Wildman–Crippen LogP) is 1.55. The first kappa shape index (κ1) is 13.6. The predicted molar refractivity (Wildman–Crippen MR) is 67.6 cm³/mol. The van der Waals surface area contributed by atoms with E-state index in [1.165, 1.54) is 0 Å². The summed E-state index contributed by atoms with van der Waals surface area (Å²) in [5, 5.41) is 2.67. The second-order valence-electron chi connectivity index (χ2n) is 4.28. The van der Waals surface area contributed by atoms with Gasteiger partial charge in [-0.3, -0.25) is 10.1 Å². The zero-order valence-corrected chi connectivity index (χ0v) is 10.7. The zero-order valence-electron chi connectivity index (χ0n) is 10.7. The van der Waals surface area contributed by atoms with E-state index in [2.05, 4.69) is 15.3 Å². The molecule has 1 atom stereocenters. The first-order valence-electron chi connectivity index (χ1n) is 5.89. The maximum absolute atomic E-state index is 11.6. The Labute approximate surface area is 102 Å². The summed E-state index contributed by atoms with van der Waals surface area (Å²) in [6, 6.07) is 1.77. The van der Waals surface area contributed by atoms with Gasteiger partial charge in [-0.05, 0) is 26.3 Å². The van der Waals surface area contributed by atoms with Crippen LogP contribution < -0.4 is 11.1 Å². The highest BCUT2D eigenvalue weighted by molar-refractivity contribution is 5.89. The summed E-state index contributed by atoms with van der Waals surface area (Å²) < 4.78 is 0. The van der Waals surface area contributed by atoms with Crippen LogP contribution in [0.1, 0.15) is 37.6 Å². The van der Waals surface area contributed by atoms with Gasteiger partial charge >= 0.3 is 0 Å². The summed E-state index contributed by atoms with van der Waals surface area (Å²) in [5.41, 5.74) is 7.47. The first-order valence-corrected chi connectivity index (χ1v) is 5.89. The molecule has 94 valence electrons. The largest absolute Gasteiger partial charge is 0.327 e. The molecular weight excluding hydrogens is 216 g/mol. The highest BCUT2D eigenvalue weighted by atomic mass is 16.1. The molecule has 0 fully saturated rings. The molecule has 1 aromatic heterocycles. The van der Waals surface area contributed by atoms with Gasteiger partial charge in [-0.25, -0.2) is 9.97 Å². The highest BCUT2D eigenvalue weighted by Gasteiger charge is 2.10. The van der Waals surface area contributed by atoms with E-state index in [4.69, 9.17) is 5.73 Å². The molecule has 0 bridgehead atoms. The van der Waals surface area contributed by atoms with Crippen LogP contribution >= 0.6 is 0 Å². The first-order chi connectivity index (χ1) is 8.01. The Balaban J connectivity index is 2.56. The topological polar surface area (TPSA) is 80.9 Å². The minimum atomic E-state index is -0.129. The highest BCUT2D eigenvalue weighted by Crippen LogP contribution is 2.05. The van der Waals surface area contributed by atoms with Crippen LogP contribution in [0.3, 0.4) is 0 Å². The third-order valence-electron chi connectivity index (χ3n) is 2.34. The maximum atomic E-state index is 11.6. The van der Waals surface area contributed by atoms with Crippen LogP contribution in [0.15, 0.2) is 6.07 Å². The zero-order chi connectivity index (χ0) is 12.8. The lowest BCUT2D eigenvalue weighted by Gasteiger charge is -2.10. The van der Waals surface area contributed by atoms with Crippen LogP contribution in [0.5, 0.6) is 0 Å². The number of hydrogen-bond donors (Lipinski definition) is 2. The number of rotatable bonds is 5. The Morgan fingerprint density at radius 2 is 2.00 bits per heavy atom. The lowest BCUT2D eigenvalue weighted by Crippen LogP contribution is -2.27. The molecular formula is C12H20N4O. The maximum Gasteiger partial charge on any atom is 0.229 e. The number of nitrogens with two attached hydrogens (primary N) is 1. The van der Waals surface area contributed by atoms with Gasteiger partial charge in [-0.2, -0.15) is 0 Å². The van der Waals surface area contributed by atoms with Crippen molar-refractivity contribution in [2.24, 2.45) is 5.73 Å². The van der Waals surface area contributed by atoms with Gasteiger partial charge in [0.25, 0.3) is 0 Å². The van der Waals surface area contributed by atoms with Crippen molar-refractivity contribution in [2.75, 3.05) is 5.32 Å². The van der Waals surface area contributed by atoms with Crippen LogP contribution in [-0.2, 0) is 4.79 Å². The van der Waals surface area contributed by atoms with E-state index in [1.54, 1.807) is 0 Å². The van der Waals surface area contributed by atoms with E-state index in [0.29, 0.717) is 12.4 Å². The fraction of sp³-hybridized carbons (Fsp3) is 0.583. The Hall–Kier alpha value is -1.49. The molecule has 0 aliphatic carbocycles. The molecule has 0 aliphatic rings. The van der Waals surface area contributed by atoms with E-state index in [9.17, 15) is 4.79 Å². The molecule has 1 aromatic rings. The molecule has 1 heterocycles. The van der Waals surface area contributed by atoms with Crippen molar-refractivity contribution in [3.8, 4) is 0 Å². The van der Waals surface area contributed by atoms with Crippen LogP contribution in [0.4, 0.5) is 5.95 Å². The van der Waals surface area contributed by atoms with Crippen molar-refractivity contribution in [3.63, 3.8) is 0 Å². The SMILES string of the molecule is CCCC(N)CC(=O)Nc1nc(C)cc(C)n1. The summed E-state index contributed by atoms with van der Waals surface area (Å²) in [6.45, 7) is 5.78. The van der Waals surface area contributed by atoms with E-state index < -0.39 is 0 Å². The van der Waals surface area contributed by atoms with Gasteiger partial charge in [0, 0.05) is 23.9 Å². The molecule has 0 spiro atoms. The summed E-state index contributed by atoms with van der Waals surface area (Å²) in [7, 11) is 0. The minimum absolute atomic E-state index is 0.0918. The standard InChI is InChI=1S/C12H20N4O/c1-4-5-10(13)7-11(17)16-12-14-8(2)6-9(3)15-12/h6,10H,4-5,7,13H2,1-3H3,(H,14,15,16,17). The number of aryl methyl sites for hydroxylation is 2. The molecule has 0 saturated carbocycles. The van der Waals surface area contributed by atoms with Gasteiger partial charge in [0.1, 0.15) is 0 Å². The van der Waals surface area contributed by atoms with Gasteiger partial charge in [-0.15, -0.1) is 0 Å². The minimum Gasteiger partial charge on any atom is -0.327 e. The van der Waals surface area contributed by atoms with Gasteiger partial charge in [0.05, 0.1) is 0 Å². The number of hydrogen-bond acceptors (Lipinski definition) is 4. The summed E-state index contributed by atoms with van der Waals surface area (Å²) in [6.07, 6.45) is 2.14. The van der Waals surface area contributed by atoms with E-state index >= 15 is 0 Å². The van der Waals surface area contributed by atoms with E-state index in [-0.39, 0.29) is 11.9 Å². The van der Waals surface area contributed by atoms with Crippen molar-refractivity contribution in [3.05, 3.63) is 17.5 Å². The Kier molecular flexibility index (Phi) is 5.03. The number of nitrogens with one attached hydrogen (secondary N) is 1. The number of anilines is 1. The molecule has 1 rings (SSSR count). The van der Waals surface area contributed by atoms with Crippen LogP contribution in [0, 0.1) is 13.8 Å². The quantitative estimate of drug-likeness (QED) is 0.812. The Morgan fingerprint density at radius 3 is 2.53 bits per heavy atom. The normalized spacial score (nSPS) is 12.2. The molecule has 1 amide bonds. The summed E-state index contributed by atoms with van der Waals surface area (Å²) in [5.74, 6) is 0.229. The third-order valence-corrected chi connectivity index (χ3v) is 2.34. The number of aromatic nitrogens is 2. The molecule has 5 heteroatoms. The molecule has 0 aromatic carbocycles. The number of amides is 1. The van der Waals surface area contributed by atoms with Crippen molar-refractivity contribution < 1.29 is 4.79 Å². The lowest BCUT2D eigenvalue weighted by molar-refractivity contribution is -0.116. The van der Waals surface area contributed by atoms with Crippen LogP contribution in [0.25, 0.3) is 0 Å². The summed E-state index contributed by atoms with van der Waals surface area (Å²) in [4.78, 5) is 19.9. The molecule has 5 nitrogen and oxygen atoms in total. The van der Waals surface area contributed by atoms with E-state index in [0.717, 1.165) is 24.2 Å². The number of carbonyl (C=O) groups is 1. The molecule has 0 aliphatic heterocycles. The van der Waals surface area contributed by atoms with Gasteiger partial charge in [0.15, 0.2) is 0 Å². The van der Waals surface area contributed by atoms with Gasteiger partial charge in [-0.1, -0.05) is 13.3 Å². The fourth-order valence-electron chi connectivity index (χ4n) is 1.67. The monoisotopic (exact) mass is 236 g/mol. The van der Waals surface area contributed by atoms with Crippen molar-refractivity contribution in [2.45, 2.75) is 46.1 Å². The van der Waals surface area contributed by atoms with Gasteiger partial charge < -0.3 is 5.73 Å². The Bertz CT molecular complexity index is 372. The molecule has 1 unspecified atom stereocenters. The summed E-state index contributed by atoms with van der Waals surface area (Å²) >= 11 is 0. The number of carbonyl (C=O) groups excluding carboxylic acids is 1. The van der Waals surface area contributed by atoms with Crippen LogP contribution in [0.2, 0.25) is 0 Å². The van der Waals surface area contributed by atoms with Crippen molar-refractivity contribution >= 4 is 11.9 Å². The van der Waals surface area contributed by atoms with Gasteiger partial charge in [0.2, 0.25) is 11.9 Å². The molecule has 3 N–H and O–H groups in total. The average Bonchev–Trinajstić information content (AvgIpc) is 2.14. The number of nitrogens with zero attached hydrogens (tertiary/aromatic N) is 2. The van der Waals surface area contributed by atoms with Crippen molar-refractivity contribution in [1.82, 2.24) is 9.97 Å². The van der Waals surface area contributed by atoms with E-state index in [1.807, 2.05) is 26.8 Å². The molecule has 17 heavy (non-hydrogen) atoms. The van der Waals surface area contributed by atoms with Crippen LogP contribution in [-0.4, -0.2) is 21.9 Å². The smallest absolute Gasteiger partial charge is 0.229 e. The molecule has 0 saturated heterocycles. The third kappa shape index (κ3) is 4.91. The second-order valence-corrected chi connectivity index (χ2v) is 4.28. The second kappa shape index (κ2) is 6.30. The fourth-order valence-corrected chi connectivity index (χ4v) is 1.67. The average molecular weight is 236 g/mol. The lowest BCUT2D eigenvalue weighted by atomic mass is 10.1. The Morgan fingerprint density at radius 1 is 1.41 bits per heavy atom. The van der Waals surface area contributed by atoms with Crippen molar-refractivity contribution in [1.29, 1.82) is 0 Å². The molecule has 0 radical (unpaired) electrons.